The number of fused-ring (bicyclic) bond motifs is 1. The summed E-state index contributed by atoms with van der Waals surface area (Å²) >= 11 is 11.8. The van der Waals surface area contributed by atoms with Crippen LogP contribution in [0, 0.1) is 12.7 Å². The molecule has 0 spiro atoms. The molecular weight excluding hydrogens is 310 g/mol. The zero-order valence-corrected chi connectivity index (χ0v) is 12.9. The SMILES string of the molecule is Cc1cc2c(cc1F)nc(CCCl)n2-c1ccc(Cl)cc1. The van der Waals surface area contributed by atoms with E-state index in [1.807, 2.05) is 34.9 Å². The van der Waals surface area contributed by atoms with Gasteiger partial charge in [-0.2, -0.15) is 0 Å². The fourth-order valence-corrected chi connectivity index (χ4v) is 2.68. The molecule has 3 aromatic rings. The van der Waals surface area contributed by atoms with Gasteiger partial charge < -0.3 is 0 Å². The van der Waals surface area contributed by atoms with E-state index in [0.29, 0.717) is 28.4 Å². The van der Waals surface area contributed by atoms with E-state index in [2.05, 4.69) is 4.98 Å². The molecule has 0 amide bonds. The molecule has 0 fully saturated rings. The Morgan fingerprint density at radius 2 is 1.90 bits per heavy atom. The zero-order valence-electron chi connectivity index (χ0n) is 11.4. The fourth-order valence-electron chi connectivity index (χ4n) is 2.38. The van der Waals surface area contributed by atoms with Crippen LogP contribution in [0.1, 0.15) is 11.4 Å². The summed E-state index contributed by atoms with van der Waals surface area (Å²) in [5.41, 5.74) is 3.03. The highest BCUT2D eigenvalue weighted by Crippen LogP contribution is 2.25. The van der Waals surface area contributed by atoms with Crippen LogP contribution in [-0.4, -0.2) is 15.4 Å². The van der Waals surface area contributed by atoms with Gasteiger partial charge >= 0.3 is 0 Å². The Hall–Kier alpha value is -1.58. The molecule has 1 heterocycles. The Kier molecular flexibility index (Phi) is 3.87. The summed E-state index contributed by atoms with van der Waals surface area (Å²) in [6.45, 7) is 1.75. The van der Waals surface area contributed by atoms with Crippen molar-refractivity contribution in [3.63, 3.8) is 0 Å². The van der Waals surface area contributed by atoms with Crippen molar-refractivity contribution < 1.29 is 4.39 Å². The van der Waals surface area contributed by atoms with Crippen molar-refractivity contribution in [2.24, 2.45) is 0 Å². The molecule has 21 heavy (non-hydrogen) atoms. The lowest BCUT2D eigenvalue weighted by atomic mass is 10.2. The predicted octanol–water partition coefficient (Wildman–Crippen LogP) is 4.91. The Balaban J connectivity index is 2.29. The van der Waals surface area contributed by atoms with E-state index in [4.69, 9.17) is 23.2 Å². The van der Waals surface area contributed by atoms with Gasteiger partial charge in [-0.3, -0.25) is 4.57 Å². The second-order valence-electron chi connectivity index (χ2n) is 4.87. The van der Waals surface area contributed by atoms with Crippen LogP contribution in [-0.2, 0) is 6.42 Å². The zero-order chi connectivity index (χ0) is 15.0. The largest absolute Gasteiger partial charge is 0.296 e. The molecule has 2 nitrogen and oxygen atoms in total. The van der Waals surface area contributed by atoms with Crippen LogP contribution in [0.25, 0.3) is 16.7 Å². The minimum Gasteiger partial charge on any atom is -0.296 e. The summed E-state index contributed by atoms with van der Waals surface area (Å²) in [6.07, 6.45) is 0.611. The van der Waals surface area contributed by atoms with Crippen molar-refractivity contribution >= 4 is 34.2 Å². The molecule has 108 valence electrons. The minimum absolute atomic E-state index is 0.249. The van der Waals surface area contributed by atoms with E-state index in [1.165, 1.54) is 6.07 Å². The van der Waals surface area contributed by atoms with Crippen molar-refractivity contribution in [2.75, 3.05) is 5.88 Å². The Bertz CT molecular complexity index is 794. The van der Waals surface area contributed by atoms with E-state index in [9.17, 15) is 4.39 Å². The molecule has 0 aliphatic heterocycles. The second-order valence-corrected chi connectivity index (χ2v) is 5.68. The van der Waals surface area contributed by atoms with E-state index in [0.717, 1.165) is 17.0 Å². The molecule has 0 N–H and O–H groups in total. The van der Waals surface area contributed by atoms with Gasteiger partial charge in [-0.25, -0.2) is 9.37 Å². The van der Waals surface area contributed by atoms with Crippen molar-refractivity contribution in [1.82, 2.24) is 9.55 Å². The normalized spacial score (nSPS) is 11.2. The van der Waals surface area contributed by atoms with Crippen molar-refractivity contribution in [1.29, 1.82) is 0 Å². The van der Waals surface area contributed by atoms with Crippen LogP contribution < -0.4 is 0 Å². The summed E-state index contributed by atoms with van der Waals surface area (Å²) in [6, 6.07) is 10.8. The van der Waals surface area contributed by atoms with Gasteiger partial charge in [0.25, 0.3) is 0 Å². The first kappa shape index (κ1) is 14.4. The van der Waals surface area contributed by atoms with Gasteiger partial charge in [-0.15, -0.1) is 11.6 Å². The standard InChI is InChI=1S/C16H13Cl2FN2/c1-10-8-15-14(9-13(10)19)20-16(6-7-17)21(15)12-4-2-11(18)3-5-12/h2-5,8-9H,6-7H2,1H3. The average molecular weight is 323 g/mol. The summed E-state index contributed by atoms with van der Waals surface area (Å²) in [7, 11) is 0. The number of nitrogens with zero attached hydrogens (tertiary/aromatic N) is 2. The van der Waals surface area contributed by atoms with Crippen LogP contribution in [0.3, 0.4) is 0 Å². The molecule has 0 bridgehead atoms. The first-order valence-electron chi connectivity index (χ1n) is 6.59. The number of imidazole rings is 1. The van der Waals surface area contributed by atoms with Crippen molar-refractivity contribution in [3.8, 4) is 5.69 Å². The van der Waals surface area contributed by atoms with Crippen LogP contribution >= 0.6 is 23.2 Å². The van der Waals surface area contributed by atoms with Gasteiger partial charge in [0.2, 0.25) is 0 Å². The molecule has 0 radical (unpaired) electrons. The number of aromatic nitrogens is 2. The lowest BCUT2D eigenvalue weighted by Crippen LogP contribution is -2.02. The molecule has 0 atom stereocenters. The third-order valence-electron chi connectivity index (χ3n) is 3.41. The van der Waals surface area contributed by atoms with Gasteiger partial charge in [0.1, 0.15) is 11.6 Å². The smallest absolute Gasteiger partial charge is 0.128 e. The molecule has 0 saturated heterocycles. The molecule has 1 aromatic heterocycles. The van der Waals surface area contributed by atoms with Crippen LogP contribution in [0.5, 0.6) is 0 Å². The number of hydrogen-bond donors (Lipinski definition) is 0. The molecule has 0 saturated carbocycles. The van der Waals surface area contributed by atoms with E-state index >= 15 is 0 Å². The first-order chi connectivity index (χ1) is 10.1. The number of rotatable bonds is 3. The number of halogens is 3. The third-order valence-corrected chi connectivity index (χ3v) is 3.85. The number of hydrogen-bond acceptors (Lipinski definition) is 1. The van der Waals surface area contributed by atoms with Gasteiger partial charge in [-0.05, 0) is 42.8 Å². The third kappa shape index (κ3) is 2.63. The van der Waals surface area contributed by atoms with Crippen LogP contribution in [0.2, 0.25) is 5.02 Å². The highest BCUT2D eigenvalue weighted by molar-refractivity contribution is 6.30. The Labute approximate surface area is 132 Å². The fraction of sp³-hybridized carbons (Fsp3) is 0.188. The quantitative estimate of drug-likeness (QED) is 0.626. The average Bonchev–Trinajstić information content (AvgIpc) is 2.78. The summed E-state index contributed by atoms with van der Waals surface area (Å²) in [5, 5.41) is 0.671. The Morgan fingerprint density at radius 3 is 2.57 bits per heavy atom. The molecular formula is C16H13Cl2FN2. The van der Waals surface area contributed by atoms with Crippen molar-refractivity contribution in [2.45, 2.75) is 13.3 Å². The molecule has 0 aliphatic carbocycles. The number of benzene rings is 2. The summed E-state index contributed by atoms with van der Waals surface area (Å²) in [4.78, 5) is 4.51. The van der Waals surface area contributed by atoms with E-state index in [1.54, 1.807) is 6.92 Å². The number of aryl methyl sites for hydroxylation is 2. The molecule has 2 aromatic carbocycles. The van der Waals surface area contributed by atoms with Crippen molar-refractivity contribution in [3.05, 3.63) is 58.6 Å². The predicted molar refractivity (Wildman–Crippen MR) is 85.2 cm³/mol. The maximum Gasteiger partial charge on any atom is 0.128 e. The maximum atomic E-state index is 13.7. The molecule has 3 rings (SSSR count). The highest BCUT2D eigenvalue weighted by Gasteiger charge is 2.14. The lowest BCUT2D eigenvalue weighted by Gasteiger charge is -2.09. The summed E-state index contributed by atoms with van der Waals surface area (Å²) in [5.74, 6) is 1.02. The lowest BCUT2D eigenvalue weighted by molar-refractivity contribution is 0.620. The van der Waals surface area contributed by atoms with E-state index < -0.39 is 0 Å². The van der Waals surface area contributed by atoms with Gasteiger partial charge in [0, 0.05) is 29.1 Å². The van der Waals surface area contributed by atoms with Gasteiger partial charge in [0.05, 0.1) is 11.0 Å². The molecule has 0 unspecified atom stereocenters. The first-order valence-corrected chi connectivity index (χ1v) is 7.51. The number of alkyl halides is 1. The van der Waals surface area contributed by atoms with Crippen LogP contribution in [0.15, 0.2) is 36.4 Å². The van der Waals surface area contributed by atoms with Gasteiger partial charge in [0.15, 0.2) is 0 Å². The van der Waals surface area contributed by atoms with E-state index in [-0.39, 0.29) is 5.82 Å². The van der Waals surface area contributed by atoms with Gasteiger partial charge in [-0.1, -0.05) is 11.6 Å². The maximum absolute atomic E-state index is 13.7. The highest BCUT2D eigenvalue weighted by atomic mass is 35.5. The molecule has 0 aliphatic rings. The monoisotopic (exact) mass is 322 g/mol. The topological polar surface area (TPSA) is 17.8 Å². The Morgan fingerprint density at radius 1 is 1.19 bits per heavy atom. The van der Waals surface area contributed by atoms with Crippen LogP contribution in [0.4, 0.5) is 4.39 Å². The second kappa shape index (κ2) is 5.66. The summed E-state index contributed by atoms with van der Waals surface area (Å²) < 4.78 is 15.7. The molecule has 5 heteroatoms. The minimum atomic E-state index is -0.249.